The Hall–Kier alpha value is -2.25. The fraction of sp³-hybridized carbons (Fsp3) is 0.500. The van der Waals surface area contributed by atoms with E-state index in [1.807, 2.05) is 19.0 Å². The summed E-state index contributed by atoms with van der Waals surface area (Å²) < 4.78 is 0. The third kappa shape index (κ3) is 4.87. The van der Waals surface area contributed by atoms with Crippen molar-refractivity contribution in [2.45, 2.75) is 20.0 Å². The molecule has 0 unspecified atom stereocenters. The number of nitrogen functional groups attached to an aromatic ring is 1. The van der Waals surface area contributed by atoms with E-state index < -0.39 is 0 Å². The van der Waals surface area contributed by atoms with Crippen LogP contribution in [-0.4, -0.2) is 65.0 Å². The van der Waals surface area contributed by atoms with Gasteiger partial charge in [-0.25, -0.2) is 0 Å². The largest absolute Gasteiger partial charge is 0.368 e. The molecule has 25 heavy (non-hydrogen) atoms. The van der Waals surface area contributed by atoms with Gasteiger partial charge in [0.15, 0.2) is 0 Å². The lowest BCUT2D eigenvalue weighted by Gasteiger charge is -2.34. The lowest BCUT2D eigenvalue weighted by atomic mass is 10.1. The van der Waals surface area contributed by atoms with Gasteiger partial charge in [-0.3, -0.25) is 9.80 Å². The van der Waals surface area contributed by atoms with Gasteiger partial charge in [-0.15, -0.1) is 0 Å². The van der Waals surface area contributed by atoms with Crippen molar-refractivity contribution in [3.8, 4) is 0 Å². The molecule has 1 saturated heterocycles. The van der Waals surface area contributed by atoms with Crippen molar-refractivity contribution in [2.24, 2.45) is 0 Å². The second-order valence-electron chi connectivity index (χ2n) is 6.85. The molecule has 0 radical (unpaired) electrons. The zero-order chi connectivity index (χ0) is 17.8. The predicted molar refractivity (Wildman–Crippen MR) is 100 cm³/mol. The molecule has 1 aliphatic rings. The van der Waals surface area contributed by atoms with Crippen molar-refractivity contribution < 1.29 is 0 Å². The van der Waals surface area contributed by atoms with Gasteiger partial charge in [-0.1, -0.05) is 29.8 Å². The van der Waals surface area contributed by atoms with Crippen LogP contribution in [0.15, 0.2) is 24.3 Å². The fourth-order valence-electron chi connectivity index (χ4n) is 3.07. The molecule has 1 fully saturated rings. The lowest BCUT2D eigenvalue weighted by Crippen LogP contribution is -2.45. The Labute approximate surface area is 149 Å². The van der Waals surface area contributed by atoms with Gasteiger partial charge in [0.25, 0.3) is 0 Å². The van der Waals surface area contributed by atoms with Gasteiger partial charge in [0.2, 0.25) is 11.9 Å². The molecule has 0 spiro atoms. The summed E-state index contributed by atoms with van der Waals surface area (Å²) in [6.45, 7) is 7.99. The van der Waals surface area contributed by atoms with E-state index in [9.17, 15) is 0 Å². The first-order chi connectivity index (χ1) is 12.0. The topological polar surface area (TPSA) is 74.4 Å². The molecule has 7 heteroatoms. The Bertz CT molecular complexity index is 708. The summed E-state index contributed by atoms with van der Waals surface area (Å²) in [5.41, 5.74) is 8.51. The molecule has 2 aromatic rings. The zero-order valence-electron chi connectivity index (χ0n) is 15.3. The molecule has 0 saturated carbocycles. The Morgan fingerprint density at radius 3 is 2.32 bits per heavy atom. The minimum Gasteiger partial charge on any atom is -0.368 e. The normalized spacial score (nSPS) is 16.1. The van der Waals surface area contributed by atoms with Crippen LogP contribution in [0.1, 0.15) is 17.0 Å². The van der Waals surface area contributed by atoms with E-state index >= 15 is 0 Å². The first-order valence-electron chi connectivity index (χ1n) is 8.67. The molecule has 134 valence electrons. The fourth-order valence-corrected chi connectivity index (χ4v) is 3.07. The average molecular weight is 341 g/mol. The van der Waals surface area contributed by atoms with Gasteiger partial charge in [-0.2, -0.15) is 15.0 Å². The van der Waals surface area contributed by atoms with E-state index in [2.05, 4.69) is 55.9 Å². The minimum absolute atomic E-state index is 0.284. The van der Waals surface area contributed by atoms with Crippen molar-refractivity contribution >= 4 is 11.9 Å². The summed E-state index contributed by atoms with van der Waals surface area (Å²) in [5, 5.41) is 0. The molecule has 3 rings (SSSR count). The maximum absolute atomic E-state index is 5.81. The van der Waals surface area contributed by atoms with Crippen LogP contribution in [0, 0.1) is 6.92 Å². The lowest BCUT2D eigenvalue weighted by molar-refractivity contribution is 0.120. The van der Waals surface area contributed by atoms with Crippen molar-refractivity contribution in [1.29, 1.82) is 0 Å². The van der Waals surface area contributed by atoms with Crippen LogP contribution in [0.4, 0.5) is 11.9 Å². The summed E-state index contributed by atoms with van der Waals surface area (Å²) in [7, 11) is 3.81. The van der Waals surface area contributed by atoms with Crippen molar-refractivity contribution in [2.75, 3.05) is 50.9 Å². The van der Waals surface area contributed by atoms with Crippen molar-refractivity contribution in [3.63, 3.8) is 0 Å². The minimum atomic E-state index is 0.284. The molecule has 0 atom stereocenters. The van der Waals surface area contributed by atoms with E-state index in [0.29, 0.717) is 12.5 Å². The van der Waals surface area contributed by atoms with E-state index in [1.165, 1.54) is 11.1 Å². The van der Waals surface area contributed by atoms with Crippen LogP contribution >= 0.6 is 0 Å². The summed E-state index contributed by atoms with van der Waals surface area (Å²) >= 11 is 0. The Kier molecular flexibility index (Phi) is 5.45. The van der Waals surface area contributed by atoms with Crippen LogP contribution in [0.25, 0.3) is 0 Å². The summed E-state index contributed by atoms with van der Waals surface area (Å²) in [6.07, 6.45) is 0. The Balaban J connectivity index is 1.54. The van der Waals surface area contributed by atoms with Crippen molar-refractivity contribution in [3.05, 3.63) is 41.2 Å². The molecule has 1 aromatic heterocycles. The molecule has 2 heterocycles. The number of hydrogen-bond donors (Lipinski definition) is 1. The van der Waals surface area contributed by atoms with Crippen LogP contribution in [0.2, 0.25) is 0 Å². The highest BCUT2D eigenvalue weighted by Gasteiger charge is 2.18. The molecule has 0 amide bonds. The van der Waals surface area contributed by atoms with Gasteiger partial charge in [0.05, 0.1) is 6.54 Å². The molecule has 1 aromatic carbocycles. The Morgan fingerprint density at radius 2 is 1.68 bits per heavy atom. The standard InChI is InChI=1S/C18H27N7/c1-14-5-4-6-15(11-14)12-24-7-9-25(10-8-24)13-16-20-17(19)22-18(21-16)23(2)3/h4-6,11H,7-10,12-13H2,1-3H3,(H2,19,20,21,22). The van der Waals surface area contributed by atoms with Gasteiger partial charge < -0.3 is 10.6 Å². The van der Waals surface area contributed by atoms with Crippen LogP contribution in [-0.2, 0) is 13.1 Å². The molecule has 0 aliphatic carbocycles. The van der Waals surface area contributed by atoms with Gasteiger partial charge in [0, 0.05) is 46.8 Å². The SMILES string of the molecule is Cc1cccc(CN2CCN(Cc3nc(N)nc(N(C)C)n3)CC2)c1. The Morgan fingerprint density at radius 1 is 1.00 bits per heavy atom. The number of aromatic nitrogens is 3. The van der Waals surface area contributed by atoms with Crippen molar-refractivity contribution in [1.82, 2.24) is 24.8 Å². The van der Waals surface area contributed by atoms with E-state index in [0.717, 1.165) is 38.5 Å². The molecule has 1 aliphatic heterocycles. The maximum atomic E-state index is 5.81. The van der Waals surface area contributed by atoms with Gasteiger partial charge in [0.1, 0.15) is 5.82 Å². The third-order valence-electron chi connectivity index (χ3n) is 4.41. The number of piperazine rings is 1. The maximum Gasteiger partial charge on any atom is 0.229 e. The average Bonchev–Trinajstić information content (AvgIpc) is 2.56. The smallest absolute Gasteiger partial charge is 0.229 e. The van der Waals surface area contributed by atoms with Gasteiger partial charge >= 0.3 is 0 Å². The number of benzene rings is 1. The first-order valence-corrected chi connectivity index (χ1v) is 8.67. The van der Waals surface area contributed by atoms with E-state index in [-0.39, 0.29) is 5.95 Å². The van der Waals surface area contributed by atoms with E-state index in [1.54, 1.807) is 0 Å². The zero-order valence-corrected chi connectivity index (χ0v) is 15.3. The second-order valence-corrected chi connectivity index (χ2v) is 6.85. The van der Waals surface area contributed by atoms with E-state index in [4.69, 9.17) is 5.73 Å². The number of rotatable bonds is 5. The summed E-state index contributed by atoms with van der Waals surface area (Å²) in [5.74, 6) is 1.63. The highest BCUT2D eigenvalue weighted by molar-refractivity contribution is 5.32. The highest BCUT2D eigenvalue weighted by Crippen LogP contribution is 2.13. The number of hydrogen-bond acceptors (Lipinski definition) is 7. The molecule has 0 bridgehead atoms. The first kappa shape index (κ1) is 17.6. The molecule has 7 nitrogen and oxygen atoms in total. The molecular formula is C18H27N7. The quantitative estimate of drug-likeness (QED) is 0.874. The second kappa shape index (κ2) is 7.76. The van der Waals surface area contributed by atoms with Crippen LogP contribution < -0.4 is 10.6 Å². The number of nitrogens with zero attached hydrogens (tertiary/aromatic N) is 6. The van der Waals surface area contributed by atoms with Crippen LogP contribution in [0.5, 0.6) is 0 Å². The highest BCUT2D eigenvalue weighted by atomic mass is 15.3. The monoisotopic (exact) mass is 341 g/mol. The van der Waals surface area contributed by atoms with Crippen LogP contribution in [0.3, 0.4) is 0 Å². The molecule has 2 N–H and O–H groups in total. The molecular weight excluding hydrogens is 314 g/mol. The third-order valence-corrected chi connectivity index (χ3v) is 4.41. The number of nitrogens with two attached hydrogens (primary N) is 1. The number of anilines is 2. The number of aryl methyl sites for hydroxylation is 1. The van der Waals surface area contributed by atoms with Gasteiger partial charge in [-0.05, 0) is 12.5 Å². The predicted octanol–water partition coefficient (Wildman–Crippen LogP) is 1.15. The summed E-state index contributed by atoms with van der Waals surface area (Å²) in [4.78, 5) is 19.6. The summed E-state index contributed by atoms with van der Waals surface area (Å²) in [6, 6.07) is 8.75.